The fourth-order valence-electron chi connectivity index (χ4n) is 1.12. The maximum absolute atomic E-state index is 5.27. The molecule has 11 heavy (non-hydrogen) atoms. The zero-order chi connectivity index (χ0) is 7.68. The fraction of sp³-hybridized carbons (Fsp3) is 0.571. The van der Waals surface area contributed by atoms with Crippen molar-refractivity contribution in [1.82, 2.24) is 9.97 Å². The Hall–Kier alpha value is -0.870. The molecule has 2 heterocycles. The van der Waals surface area contributed by atoms with E-state index in [0.717, 1.165) is 11.4 Å². The maximum atomic E-state index is 5.27. The largest absolute Gasteiger partial charge is 0.348 e. The molecule has 0 amide bonds. The Bertz CT molecular complexity index is 240. The van der Waals surface area contributed by atoms with Crippen LogP contribution in [0.3, 0.4) is 0 Å². The number of nitrogens with zero attached hydrogens (tertiary/aromatic N) is 1. The summed E-state index contributed by atoms with van der Waals surface area (Å²) in [6, 6.07) is 0. The number of aromatic amines is 1. The number of aromatic nitrogens is 2. The lowest BCUT2D eigenvalue weighted by atomic mass is 10.3. The average molecular weight is 154 g/mol. The molecular weight excluding hydrogens is 144 g/mol. The van der Waals surface area contributed by atoms with Gasteiger partial charge in [-0.25, -0.2) is 4.98 Å². The van der Waals surface area contributed by atoms with Crippen LogP contribution < -0.4 is 0 Å². The molecule has 4 nitrogen and oxygen atoms in total. The topological polar surface area (TPSA) is 47.1 Å². The summed E-state index contributed by atoms with van der Waals surface area (Å²) in [5, 5.41) is 0. The van der Waals surface area contributed by atoms with E-state index in [1.165, 1.54) is 0 Å². The van der Waals surface area contributed by atoms with E-state index in [1.807, 2.05) is 6.92 Å². The Morgan fingerprint density at radius 2 is 2.27 bits per heavy atom. The van der Waals surface area contributed by atoms with Gasteiger partial charge in [0.2, 0.25) is 6.29 Å². The van der Waals surface area contributed by atoms with Gasteiger partial charge in [0.1, 0.15) is 5.69 Å². The molecule has 0 bridgehead atoms. The van der Waals surface area contributed by atoms with Gasteiger partial charge in [0.25, 0.3) is 0 Å². The Balaban J connectivity index is 2.21. The van der Waals surface area contributed by atoms with Gasteiger partial charge in [-0.2, -0.15) is 0 Å². The van der Waals surface area contributed by atoms with Crippen LogP contribution in [-0.2, 0) is 9.47 Å². The van der Waals surface area contributed by atoms with Gasteiger partial charge in [0.05, 0.1) is 19.5 Å². The van der Waals surface area contributed by atoms with E-state index < -0.39 is 0 Å². The first-order chi connectivity index (χ1) is 5.38. The zero-order valence-corrected chi connectivity index (χ0v) is 6.33. The molecule has 60 valence electrons. The molecule has 0 aromatic carbocycles. The molecule has 0 atom stereocenters. The van der Waals surface area contributed by atoms with Gasteiger partial charge >= 0.3 is 0 Å². The van der Waals surface area contributed by atoms with Gasteiger partial charge in [0.15, 0.2) is 0 Å². The smallest absolute Gasteiger partial charge is 0.203 e. The third-order valence-electron chi connectivity index (χ3n) is 1.71. The van der Waals surface area contributed by atoms with Gasteiger partial charge in [-0.05, 0) is 6.92 Å². The predicted molar refractivity (Wildman–Crippen MR) is 38.0 cm³/mol. The molecule has 1 aromatic rings. The summed E-state index contributed by atoms with van der Waals surface area (Å²) in [4.78, 5) is 7.07. The highest BCUT2D eigenvalue weighted by Gasteiger charge is 2.21. The standard InChI is InChI=1S/C7H10N2O2/c1-5-6(9-4-8-5)7-10-2-3-11-7/h4,7H,2-3H2,1H3,(H,8,9). The lowest BCUT2D eigenvalue weighted by molar-refractivity contribution is -0.0474. The molecule has 0 unspecified atom stereocenters. The van der Waals surface area contributed by atoms with E-state index in [-0.39, 0.29) is 6.29 Å². The number of hydrogen-bond acceptors (Lipinski definition) is 3. The average Bonchev–Trinajstić information content (AvgIpc) is 2.55. The van der Waals surface area contributed by atoms with Crippen LogP contribution in [0.5, 0.6) is 0 Å². The minimum atomic E-state index is -0.249. The zero-order valence-electron chi connectivity index (χ0n) is 6.33. The first-order valence-corrected chi connectivity index (χ1v) is 3.61. The molecule has 2 rings (SSSR count). The minimum absolute atomic E-state index is 0.249. The van der Waals surface area contributed by atoms with Gasteiger partial charge in [-0.3, -0.25) is 0 Å². The van der Waals surface area contributed by atoms with Gasteiger partial charge in [-0.1, -0.05) is 0 Å². The van der Waals surface area contributed by atoms with Crippen LogP contribution in [0.2, 0.25) is 0 Å². The third kappa shape index (κ3) is 1.15. The monoisotopic (exact) mass is 154 g/mol. The highest BCUT2D eigenvalue weighted by Crippen LogP contribution is 2.22. The van der Waals surface area contributed by atoms with Crippen molar-refractivity contribution in [1.29, 1.82) is 0 Å². The molecule has 1 N–H and O–H groups in total. The number of imidazole rings is 1. The molecule has 1 aliphatic heterocycles. The van der Waals surface area contributed by atoms with Crippen molar-refractivity contribution in [3.63, 3.8) is 0 Å². The van der Waals surface area contributed by atoms with Crippen molar-refractivity contribution < 1.29 is 9.47 Å². The van der Waals surface area contributed by atoms with Crippen LogP contribution in [0.1, 0.15) is 17.7 Å². The lowest BCUT2D eigenvalue weighted by Gasteiger charge is -2.05. The molecule has 0 radical (unpaired) electrons. The number of H-pyrrole nitrogens is 1. The van der Waals surface area contributed by atoms with Crippen molar-refractivity contribution in [3.8, 4) is 0 Å². The van der Waals surface area contributed by atoms with Crippen LogP contribution in [-0.4, -0.2) is 23.2 Å². The second-order valence-corrected chi connectivity index (χ2v) is 2.49. The lowest BCUT2D eigenvalue weighted by Crippen LogP contribution is -2.00. The Kier molecular flexibility index (Phi) is 1.63. The highest BCUT2D eigenvalue weighted by molar-refractivity contribution is 5.10. The molecule has 0 saturated carbocycles. The second-order valence-electron chi connectivity index (χ2n) is 2.49. The summed E-state index contributed by atoms with van der Waals surface area (Å²) in [5.41, 5.74) is 1.87. The van der Waals surface area contributed by atoms with Crippen molar-refractivity contribution >= 4 is 0 Å². The van der Waals surface area contributed by atoms with E-state index in [0.29, 0.717) is 13.2 Å². The molecule has 4 heteroatoms. The first kappa shape index (κ1) is 6.82. The molecular formula is C7H10N2O2. The molecule has 0 spiro atoms. The summed E-state index contributed by atoms with van der Waals surface area (Å²) < 4.78 is 10.5. The fourth-order valence-corrected chi connectivity index (χ4v) is 1.12. The van der Waals surface area contributed by atoms with Crippen molar-refractivity contribution in [2.45, 2.75) is 13.2 Å². The summed E-state index contributed by atoms with van der Waals surface area (Å²) in [5.74, 6) is 0. The maximum Gasteiger partial charge on any atom is 0.203 e. The van der Waals surface area contributed by atoms with Crippen LogP contribution in [0.4, 0.5) is 0 Å². The van der Waals surface area contributed by atoms with E-state index in [1.54, 1.807) is 6.33 Å². The number of rotatable bonds is 1. The van der Waals surface area contributed by atoms with Crippen LogP contribution >= 0.6 is 0 Å². The highest BCUT2D eigenvalue weighted by atomic mass is 16.7. The third-order valence-corrected chi connectivity index (χ3v) is 1.71. The number of nitrogens with one attached hydrogen (secondary N) is 1. The van der Waals surface area contributed by atoms with E-state index in [4.69, 9.17) is 9.47 Å². The van der Waals surface area contributed by atoms with Gasteiger partial charge in [0, 0.05) is 5.69 Å². The normalized spacial score (nSPS) is 19.4. The SMILES string of the molecule is Cc1[nH]cnc1C1OCCO1. The summed E-state index contributed by atoms with van der Waals surface area (Å²) in [6.45, 7) is 3.28. The molecule has 1 fully saturated rings. The van der Waals surface area contributed by atoms with Crippen LogP contribution in [0.15, 0.2) is 6.33 Å². The summed E-state index contributed by atoms with van der Waals surface area (Å²) >= 11 is 0. The van der Waals surface area contributed by atoms with Crippen LogP contribution in [0, 0.1) is 6.92 Å². The van der Waals surface area contributed by atoms with Crippen molar-refractivity contribution in [2.75, 3.05) is 13.2 Å². The number of aryl methyl sites for hydroxylation is 1. The van der Waals surface area contributed by atoms with Crippen LogP contribution in [0.25, 0.3) is 0 Å². The van der Waals surface area contributed by atoms with E-state index in [9.17, 15) is 0 Å². The first-order valence-electron chi connectivity index (χ1n) is 3.61. The Morgan fingerprint density at radius 3 is 2.82 bits per heavy atom. The van der Waals surface area contributed by atoms with E-state index in [2.05, 4.69) is 9.97 Å². The van der Waals surface area contributed by atoms with Crippen molar-refractivity contribution in [2.24, 2.45) is 0 Å². The Labute approximate surface area is 64.5 Å². The summed E-state index contributed by atoms with van der Waals surface area (Å²) in [6.07, 6.45) is 1.40. The quantitative estimate of drug-likeness (QED) is 0.649. The summed E-state index contributed by atoms with van der Waals surface area (Å²) in [7, 11) is 0. The van der Waals surface area contributed by atoms with Crippen molar-refractivity contribution in [3.05, 3.63) is 17.7 Å². The second kappa shape index (κ2) is 2.64. The molecule has 1 aromatic heterocycles. The predicted octanol–water partition coefficient (Wildman–Crippen LogP) is 0.764. The number of hydrogen-bond donors (Lipinski definition) is 1. The minimum Gasteiger partial charge on any atom is -0.348 e. The number of ether oxygens (including phenoxy) is 2. The van der Waals surface area contributed by atoms with E-state index >= 15 is 0 Å². The molecule has 0 aliphatic carbocycles. The van der Waals surface area contributed by atoms with Gasteiger partial charge < -0.3 is 14.5 Å². The Morgan fingerprint density at radius 1 is 1.55 bits per heavy atom. The molecule has 1 aliphatic rings. The van der Waals surface area contributed by atoms with Gasteiger partial charge in [-0.15, -0.1) is 0 Å². The molecule has 1 saturated heterocycles.